The minimum absolute atomic E-state index is 0.277. The summed E-state index contributed by atoms with van der Waals surface area (Å²) in [6.07, 6.45) is 1.89. The van der Waals surface area contributed by atoms with Crippen molar-refractivity contribution < 1.29 is 5.21 Å². The van der Waals surface area contributed by atoms with E-state index in [1.165, 1.54) is 9.75 Å². The first-order chi connectivity index (χ1) is 8.85. The molecule has 0 aliphatic rings. The van der Waals surface area contributed by atoms with Gasteiger partial charge in [-0.05, 0) is 45.4 Å². The summed E-state index contributed by atoms with van der Waals surface area (Å²) in [7, 11) is 0. The number of oxime groups is 1. The minimum Gasteiger partial charge on any atom is -0.409 e. The Kier molecular flexibility index (Phi) is 5.82. The van der Waals surface area contributed by atoms with Crippen LogP contribution in [0.5, 0.6) is 0 Å². The number of rotatable bonds is 7. The molecule has 0 saturated heterocycles. The van der Waals surface area contributed by atoms with Crippen LogP contribution in [-0.2, 0) is 6.42 Å². The van der Waals surface area contributed by atoms with Gasteiger partial charge in [-0.1, -0.05) is 19.0 Å². The molecule has 0 bridgehead atoms. The van der Waals surface area contributed by atoms with Crippen molar-refractivity contribution in [3.05, 3.63) is 21.9 Å². The number of aryl methyl sites for hydroxylation is 1. The van der Waals surface area contributed by atoms with Crippen molar-refractivity contribution in [3.8, 4) is 0 Å². The van der Waals surface area contributed by atoms with Crippen molar-refractivity contribution in [1.29, 1.82) is 0 Å². The van der Waals surface area contributed by atoms with E-state index in [1.54, 1.807) is 0 Å². The Bertz CT molecular complexity index is 426. The van der Waals surface area contributed by atoms with Crippen LogP contribution in [0.2, 0.25) is 0 Å². The van der Waals surface area contributed by atoms with E-state index in [2.05, 4.69) is 36.5 Å². The van der Waals surface area contributed by atoms with Gasteiger partial charge >= 0.3 is 0 Å². The van der Waals surface area contributed by atoms with Gasteiger partial charge in [0, 0.05) is 21.2 Å². The lowest BCUT2D eigenvalue weighted by Crippen LogP contribution is -2.37. The first-order valence-corrected chi connectivity index (χ1v) is 7.43. The summed E-state index contributed by atoms with van der Waals surface area (Å²) in [6, 6.07) is 4.79. The summed E-state index contributed by atoms with van der Waals surface area (Å²) in [5, 5.41) is 15.3. The van der Waals surface area contributed by atoms with Crippen LogP contribution in [-0.4, -0.2) is 23.6 Å². The van der Waals surface area contributed by atoms with Gasteiger partial charge in [0.2, 0.25) is 0 Å². The average molecular weight is 283 g/mol. The zero-order chi connectivity index (χ0) is 14.5. The fraction of sp³-hybridized carbons (Fsp3) is 0.643. The highest BCUT2D eigenvalue weighted by Crippen LogP contribution is 2.20. The molecule has 0 aliphatic heterocycles. The third-order valence-corrected chi connectivity index (χ3v) is 4.37. The third-order valence-electron chi connectivity index (χ3n) is 3.35. The van der Waals surface area contributed by atoms with Gasteiger partial charge in [0.25, 0.3) is 0 Å². The van der Waals surface area contributed by atoms with E-state index in [4.69, 9.17) is 10.9 Å². The summed E-state index contributed by atoms with van der Waals surface area (Å²) >= 11 is 1.85. The standard InChI is InChI=1S/C14H25N3OS/c1-10(9-12-6-5-11(2)19-12)16-8-7-14(3,4)13(15)17-18/h5-6,10,16,18H,7-9H2,1-4H3,(H2,15,17). The molecule has 0 amide bonds. The van der Waals surface area contributed by atoms with Crippen LogP contribution in [0.3, 0.4) is 0 Å². The molecule has 19 heavy (non-hydrogen) atoms. The molecular weight excluding hydrogens is 258 g/mol. The van der Waals surface area contributed by atoms with E-state index in [1.807, 2.05) is 25.2 Å². The van der Waals surface area contributed by atoms with E-state index in [9.17, 15) is 0 Å². The van der Waals surface area contributed by atoms with Crippen LogP contribution in [0.1, 0.15) is 36.9 Å². The van der Waals surface area contributed by atoms with Gasteiger partial charge in [0.05, 0.1) is 0 Å². The van der Waals surface area contributed by atoms with Crippen LogP contribution in [0.4, 0.5) is 0 Å². The summed E-state index contributed by atoms with van der Waals surface area (Å²) in [5.41, 5.74) is 5.39. The van der Waals surface area contributed by atoms with Crippen molar-refractivity contribution in [3.63, 3.8) is 0 Å². The van der Waals surface area contributed by atoms with Gasteiger partial charge in [-0.25, -0.2) is 0 Å². The van der Waals surface area contributed by atoms with E-state index in [0.29, 0.717) is 6.04 Å². The van der Waals surface area contributed by atoms with Crippen molar-refractivity contribution >= 4 is 17.2 Å². The molecule has 4 N–H and O–H groups in total. The van der Waals surface area contributed by atoms with Crippen LogP contribution >= 0.6 is 11.3 Å². The van der Waals surface area contributed by atoms with Gasteiger partial charge in [0.15, 0.2) is 0 Å². The number of amidine groups is 1. The van der Waals surface area contributed by atoms with Crippen LogP contribution in [0, 0.1) is 12.3 Å². The van der Waals surface area contributed by atoms with E-state index in [0.717, 1.165) is 19.4 Å². The van der Waals surface area contributed by atoms with Crippen molar-refractivity contribution in [2.45, 2.75) is 46.6 Å². The molecule has 0 radical (unpaired) electrons. The Hall–Kier alpha value is -1.07. The number of nitrogens with two attached hydrogens (primary N) is 1. The zero-order valence-corrected chi connectivity index (χ0v) is 13.0. The fourth-order valence-electron chi connectivity index (χ4n) is 1.86. The Labute approximate surface area is 119 Å². The molecule has 1 aromatic heterocycles. The molecular formula is C14H25N3OS. The van der Waals surface area contributed by atoms with Crippen LogP contribution < -0.4 is 11.1 Å². The molecule has 5 heteroatoms. The maximum absolute atomic E-state index is 8.72. The minimum atomic E-state index is -0.277. The zero-order valence-electron chi connectivity index (χ0n) is 12.2. The second kappa shape index (κ2) is 6.91. The molecule has 0 saturated carbocycles. The molecule has 1 unspecified atom stereocenters. The molecule has 108 valence electrons. The summed E-state index contributed by atoms with van der Waals surface area (Å²) in [4.78, 5) is 2.77. The first kappa shape index (κ1) is 16.0. The number of nitrogens with one attached hydrogen (secondary N) is 1. The van der Waals surface area contributed by atoms with Crippen molar-refractivity contribution in [2.24, 2.45) is 16.3 Å². The average Bonchev–Trinajstić information content (AvgIpc) is 2.73. The Morgan fingerprint density at radius 1 is 1.53 bits per heavy atom. The molecule has 1 aromatic rings. The third kappa shape index (κ3) is 5.20. The molecule has 4 nitrogen and oxygen atoms in total. The number of nitrogens with zero attached hydrogens (tertiary/aromatic N) is 1. The number of hydrogen-bond acceptors (Lipinski definition) is 4. The van der Waals surface area contributed by atoms with Crippen LogP contribution in [0.25, 0.3) is 0 Å². The van der Waals surface area contributed by atoms with Gasteiger partial charge in [-0.15, -0.1) is 11.3 Å². The van der Waals surface area contributed by atoms with E-state index in [-0.39, 0.29) is 11.3 Å². The highest BCUT2D eigenvalue weighted by Gasteiger charge is 2.23. The predicted molar refractivity (Wildman–Crippen MR) is 82.0 cm³/mol. The molecule has 1 rings (SSSR count). The van der Waals surface area contributed by atoms with Crippen molar-refractivity contribution in [1.82, 2.24) is 5.32 Å². The number of hydrogen-bond donors (Lipinski definition) is 3. The summed E-state index contributed by atoms with van der Waals surface area (Å²) in [6.45, 7) is 9.14. The fourth-order valence-corrected chi connectivity index (χ4v) is 2.88. The van der Waals surface area contributed by atoms with Gasteiger partial charge < -0.3 is 16.3 Å². The molecule has 1 heterocycles. The monoisotopic (exact) mass is 283 g/mol. The highest BCUT2D eigenvalue weighted by molar-refractivity contribution is 7.11. The van der Waals surface area contributed by atoms with Crippen molar-refractivity contribution in [2.75, 3.05) is 6.54 Å². The maximum atomic E-state index is 8.72. The SMILES string of the molecule is Cc1ccc(CC(C)NCCC(C)(C)C(N)=NO)s1. The normalized spacial score (nSPS) is 14.6. The molecule has 0 spiro atoms. The van der Waals surface area contributed by atoms with Crippen LogP contribution in [0.15, 0.2) is 17.3 Å². The van der Waals surface area contributed by atoms with E-state index < -0.39 is 0 Å². The Balaban J connectivity index is 2.33. The smallest absolute Gasteiger partial charge is 0.144 e. The lowest BCUT2D eigenvalue weighted by molar-refractivity contribution is 0.304. The molecule has 0 aromatic carbocycles. The molecule has 0 aliphatic carbocycles. The topological polar surface area (TPSA) is 70.6 Å². The van der Waals surface area contributed by atoms with Gasteiger partial charge in [-0.2, -0.15) is 0 Å². The van der Waals surface area contributed by atoms with Gasteiger partial charge in [-0.3, -0.25) is 0 Å². The second-order valence-corrected chi connectivity index (χ2v) is 7.06. The number of thiophene rings is 1. The maximum Gasteiger partial charge on any atom is 0.144 e. The second-order valence-electron chi connectivity index (χ2n) is 5.69. The Morgan fingerprint density at radius 3 is 2.74 bits per heavy atom. The summed E-state index contributed by atoms with van der Waals surface area (Å²) in [5.74, 6) is 0.288. The highest BCUT2D eigenvalue weighted by atomic mass is 32.1. The van der Waals surface area contributed by atoms with Gasteiger partial charge in [0.1, 0.15) is 5.84 Å². The molecule has 1 atom stereocenters. The quantitative estimate of drug-likeness (QED) is 0.312. The Morgan fingerprint density at radius 2 is 2.21 bits per heavy atom. The predicted octanol–water partition coefficient (Wildman–Crippen LogP) is 2.74. The lowest BCUT2D eigenvalue weighted by Gasteiger charge is -2.24. The summed E-state index contributed by atoms with van der Waals surface area (Å²) < 4.78 is 0. The first-order valence-electron chi connectivity index (χ1n) is 6.62. The largest absolute Gasteiger partial charge is 0.409 e. The molecule has 0 fully saturated rings. The lowest BCUT2D eigenvalue weighted by atomic mass is 9.88. The van der Waals surface area contributed by atoms with E-state index >= 15 is 0 Å².